The molecule has 3 heteroatoms. The molecular formula is C11H15ClN2. The van der Waals surface area contributed by atoms with Gasteiger partial charge in [0.25, 0.3) is 0 Å². The molecule has 0 unspecified atom stereocenters. The van der Waals surface area contributed by atoms with Crippen molar-refractivity contribution in [3.05, 3.63) is 28.3 Å². The van der Waals surface area contributed by atoms with Crippen molar-refractivity contribution < 1.29 is 0 Å². The molecule has 1 rings (SSSR count). The summed E-state index contributed by atoms with van der Waals surface area (Å²) in [5.74, 6) is 0. The molecule has 0 aliphatic rings. The monoisotopic (exact) mass is 210 g/mol. The van der Waals surface area contributed by atoms with E-state index < -0.39 is 0 Å². The maximum Gasteiger partial charge on any atom is 0.0644 e. The van der Waals surface area contributed by atoms with Gasteiger partial charge in [-0.15, -0.1) is 0 Å². The summed E-state index contributed by atoms with van der Waals surface area (Å²) in [5, 5.41) is 0.600. The molecule has 2 N–H and O–H groups in total. The van der Waals surface area contributed by atoms with Crippen LogP contribution in [-0.2, 0) is 0 Å². The fraction of sp³-hybridized carbons (Fsp3) is 0.364. The Balaban J connectivity index is 2.96. The molecule has 0 amide bonds. The largest absolute Gasteiger partial charge is 0.397 e. The number of hydrogen-bond acceptors (Lipinski definition) is 2. The molecule has 2 nitrogen and oxygen atoms in total. The Bertz CT molecular complexity index is 345. The zero-order chi connectivity index (χ0) is 10.6. The first-order chi connectivity index (χ1) is 6.65. The standard InChI is InChI=1S/C11H15ClN2/c1-3-4-14-7-9-5-8(2)6-10(12)11(9)13/h5-7H,3-4,13H2,1-2H3. The predicted octanol–water partition coefficient (Wildman–Crippen LogP) is 3.06. The van der Waals surface area contributed by atoms with Crippen LogP contribution in [0.15, 0.2) is 17.1 Å². The van der Waals surface area contributed by atoms with Gasteiger partial charge < -0.3 is 5.73 Å². The number of halogens is 1. The van der Waals surface area contributed by atoms with Crippen LogP contribution in [0.3, 0.4) is 0 Å². The molecule has 14 heavy (non-hydrogen) atoms. The number of hydrogen-bond donors (Lipinski definition) is 1. The molecule has 0 bridgehead atoms. The first kappa shape index (κ1) is 11.1. The lowest BCUT2D eigenvalue weighted by atomic mass is 10.1. The van der Waals surface area contributed by atoms with Gasteiger partial charge in [-0.25, -0.2) is 0 Å². The number of aryl methyl sites for hydroxylation is 1. The maximum absolute atomic E-state index is 5.95. The van der Waals surface area contributed by atoms with Crippen LogP contribution in [0, 0.1) is 6.92 Å². The van der Waals surface area contributed by atoms with Crippen LogP contribution in [0.5, 0.6) is 0 Å². The van der Waals surface area contributed by atoms with Crippen molar-refractivity contribution in [3.8, 4) is 0 Å². The molecule has 1 aromatic rings. The molecule has 0 aromatic heterocycles. The third-order valence-electron chi connectivity index (χ3n) is 1.89. The average Bonchev–Trinajstić information content (AvgIpc) is 2.13. The Morgan fingerprint density at radius 1 is 1.50 bits per heavy atom. The van der Waals surface area contributed by atoms with E-state index in [1.54, 1.807) is 6.21 Å². The van der Waals surface area contributed by atoms with Gasteiger partial charge >= 0.3 is 0 Å². The molecule has 0 spiro atoms. The molecule has 0 atom stereocenters. The molecule has 76 valence electrons. The van der Waals surface area contributed by atoms with E-state index in [4.69, 9.17) is 17.3 Å². The van der Waals surface area contributed by atoms with Crippen LogP contribution in [0.1, 0.15) is 24.5 Å². The summed E-state index contributed by atoms with van der Waals surface area (Å²) < 4.78 is 0. The summed E-state index contributed by atoms with van der Waals surface area (Å²) in [6, 6.07) is 3.84. The fourth-order valence-electron chi connectivity index (χ4n) is 1.18. The molecule has 0 saturated carbocycles. The van der Waals surface area contributed by atoms with Gasteiger partial charge in [0, 0.05) is 18.3 Å². The quantitative estimate of drug-likeness (QED) is 0.605. The van der Waals surface area contributed by atoms with Crippen LogP contribution in [-0.4, -0.2) is 12.8 Å². The summed E-state index contributed by atoms with van der Waals surface area (Å²) >= 11 is 5.95. The van der Waals surface area contributed by atoms with Gasteiger partial charge in [-0.1, -0.05) is 18.5 Å². The molecular weight excluding hydrogens is 196 g/mol. The number of nitrogen functional groups attached to an aromatic ring is 1. The van der Waals surface area contributed by atoms with Gasteiger partial charge in [0.1, 0.15) is 0 Å². The van der Waals surface area contributed by atoms with Crippen LogP contribution >= 0.6 is 11.6 Å². The van der Waals surface area contributed by atoms with E-state index in [2.05, 4.69) is 11.9 Å². The van der Waals surface area contributed by atoms with Gasteiger partial charge in [-0.3, -0.25) is 4.99 Å². The van der Waals surface area contributed by atoms with Crippen molar-refractivity contribution in [2.75, 3.05) is 12.3 Å². The van der Waals surface area contributed by atoms with E-state index in [1.807, 2.05) is 19.1 Å². The Morgan fingerprint density at radius 2 is 2.21 bits per heavy atom. The average molecular weight is 211 g/mol. The van der Waals surface area contributed by atoms with Gasteiger partial charge in [-0.05, 0) is 31.0 Å². The first-order valence-corrected chi connectivity index (χ1v) is 5.08. The fourth-order valence-corrected chi connectivity index (χ4v) is 1.46. The number of rotatable bonds is 3. The Labute approximate surface area is 89.8 Å². The maximum atomic E-state index is 5.95. The number of benzene rings is 1. The molecule has 0 fully saturated rings. The molecule has 0 heterocycles. The number of nitrogens with zero attached hydrogens (tertiary/aromatic N) is 1. The Hall–Kier alpha value is -1.02. The van der Waals surface area contributed by atoms with Crippen LogP contribution in [0.2, 0.25) is 5.02 Å². The Kier molecular flexibility index (Phi) is 3.96. The lowest BCUT2D eigenvalue weighted by Crippen LogP contribution is -1.95. The number of aliphatic imine (C=N–C) groups is 1. The van der Waals surface area contributed by atoms with Crippen molar-refractivity contribution in [2.45, 2.75) is 20.3 Å². The lowest BCUT2D eigenvalue weighted by molar-refractivity contribution is 0.937. The van der Waals surface area contributed by atoms with Gasteiger partial charge in [0.05, 0.1) is 10.7 Å². The zero-order valence-corrected chi connectivity index (χ0v) is 9.30. The second-order valence-corrected chi connectivity index (χ2v) is 3.69. The normalized spacial score (nSPS) is 11.1. The summed E-state index contributed by atoms with van der Waals surface area (Å²) in [6.45, 7) is 4.90. The molecule has 0 aliphatic carbocycles. The first-order valence-electron chi connectivity index (χ1n) is 4.70. The predicted molar refractivity (Wildman–Crippen MR) is 63.4 cm³/mol. The highest BCUT2D eigenvalue weighted by Gasteiger charge is 2.02. The van der Waals surface area contributed by atoms with Crippen LogP contribution < -0.4 is 5.73 Å². The van der Waals surface area contributed by atoms with Crippen molar-refractivity contribution in [2.24, 2.45) is 4.99 Å². The van der Waals surface area contributed by atoms with Crippen molar-refractivity contribution >= 4 is 23.5 Å². The van der Waals surface area contributed by atoms with Gasteiger partial charge in [0.15, 0.2) is 0 Å². The smallest absolute Gasteiger partial charge is 0.0644 e. The van der Waals surface area contributed by atoms with Crippen molar-refractivity contribution in [1.29, 1.82) is 0 Å². The molecule has 0 aliphatic heterocycles. The third kappa shape index (κ3) is 2.74. The number of anilines is 1. The van der Waals surface area contributed by atoms with E-state index in [0.717, 1.165) is 24.1 Å². The summed E-state index contributed by atoms with van der Waals surface area (Å²) in [5.41, 5.74) is 8.42. The third-order valence-corrected chi connectivity index (χ3v) is 2.20. The molecule has 1 aromatic carbocycles. The summed E-state index contributed by atoms with van der Waals surface area (Å²) in [6.07, 6.45) is 2.83. The highest BCUT2D eigenvalue weighted by Crippen LogP contribution is 2.23. The topological polar surface area (TPSA) is 38.4 Å². The van der Waals surface area contributed by atoms with E-state index in [0.29, 0.717) is 10.7 Å². The lowest BCUT2D eigenvalue weighted by Gasteiger charge is -2.04. The Morgan fingerprint density at radius 3 is 2.86 bits per heavy atom. The minimum Gasteiger partial charge on any atom is -0.397 e. The molecule has 0 saturated heterocycles. The van der Waals surface area contributed by atoms with E-state index in [1.165, 1.54) is 0 Å². The second kappa shape index (κ2) is 5.01. The SMILES string of the molecule is CCCN=Cc1cc(C)cc(Cl)c1N. The zero-order valence-electron chi connectivity index (χ0n) is 8.55. The second-order valence-electron chi connectivity index (χ2n) is 3.28. The highest BCUT2D eigenvalue weighted by molar-refractivity contribution is 6.33. The summed E-state index contributed by atoms with van der Waals surface area (Å²) in [7, 11) is 0. The van der Waals surface area contributed by atoms with Crippen molar-refractivity contribution in [3.63, 3.8) is 0 Å². The van der Waals surface area contributed by atoms with Gasteiger partial charge in [0.2, 0.25) is 0 Å². The highest BCUT2D eigenvalue weighted by atomic mass is 35.5. The van der Waals surface area contributed by atoms with E-state index in [-0.39, 0.29) is 0 Å². The van der Waals surface area contributed by atoms with Crippen molar-refractivity contribution in [1.82, 2.24) is 0 Å². The van der Waals surface area contributed by atoms with Crippen LogP contribution in [0.25, 0.3) is 0 Å². The van der Waals surface area contributed by atoms with Crippen LogP contribution in [0.4, 0.5) is 5.69 Å². The van der Waals surface area contributed by atoms with Gasteiger partial charge in [-0.2, -0.15) is 0 Å². The minimum atomic E-state index is 0.600. The van der Waals surface area contributed by atoms with E-state index in [9.17, 15) is 0 Å². The minimum absolute atomic E-state index is 0.600. The van der Waals surface area contributed by atoms with E-state index >= 15 is 0 Å². The molecule has 0 radical (unpaired) electrons. The number of nitrogens with two attached hydrogens (primary N) is 1. The summed E-state index contributed by atoms with van der Waals surface area (Å²) in [4.78, 5) is 4.24.